The smallest absolute Gasteiger partial charge is 0.118 e. The van der Waals surface area contributed by atoms with E-state index >= 15 is 0 Å². The molecule has 0 amide bonds. The van der Waals surface area contributed by atoms with E-state index in [4.69, 9.17) is 23.2 Å². The van der Waals surface area contributed by atoms with Crippen molar-refractivity contribution < 1.29 is 0 Å². The van der Waals surface area contributed by atoms with E-state index in [1.165, 1.54) is 50.3 Å². The number of rotatable bonds is 4. The fourth-order valence-electron chi connectivity index (χ4n) is 4.45. The molecule has 1 aliphatic heterocycles. The standard InChI is InChI=1S/C26H30Cl2N2/c1-16-10-19(4)25(20(5)11-16)29-8-9-30(24(29)14-18(3)23(28)15-27)26-21(6)12-17(2)13-22(26)7/h8-15,18H,1-7H3. The van der Waals surface area contributed by atoms with Gasteiger partial charge in [0.1, 0.15) is 5.82 Å². The molecule has 0 saturated carbocycles. The molecule has 0 saturated heterocycles. The molecule has 1 unspecified atom stereocenters. The third kappa shape index (κ3) is 4.31. The molecule has 1 aliphatic rings. The van der Waals surface area contributed by atoms with Crippen LogP contribution < -0.4 is 9.80 Å². The van der Waals surface area contributed by atoms with Gasteiger partial charge in [0.05, 0.1) is 11.4 Å². The predicted octanol–water partition coefficient (Wildman–Crippen LogP) is 8.13. The summed E-state index contributed by atoms with van der Waals surface area (Å²) in [4.78, 5) is 4.52. The molecule has 2 aromatic rings. The Morgan fingerprint density at radius 3 is 1.47 bits per heavy atom. The highest BCUT2D eigenvalue weighted by Gasteiger charge is 2.27. The third-order valence-electron chi connectivity index (χ3n) is 5.55. The van der Waals surface area contributed by atoms with Crippen LogP contribution in [0.15, 0.2) is 59.1 Å². The zero-order chi connectivity index (χ0) is 22.2. The SMILES string of the molecule is Cc1cc(C)c(N2C=CN(c3c(C)cc(C)cc3C)C2=CC(C)C(Cl)=CCl)c(C)c1. The molecule has 0 aromatic heterocycles. The first kappa shape index (κ1) is 22.5. The Bertz CT molecular complexity index is 947. The van der Waals surface area contributed by atoms with Gasteiger partial charge in [0, 0.05) is 28.9 Å². The highest BCUT2D eigenvalue weighted by atomic mass is 35.5. The van der Waals surface area contributed by atoms with Gasteiger partial charge in [0.15, 0.2) is 0 Å². The van der Waals surface area contributed by atoms with Crippen LogP contribution in [0.5, 0.6) is 0 Å². The summed E-state index contributed by atoms with van der Waals surface area (Å²) in [5.74, 6) is 1.05. The van der Waals surface area contributed by atoms with Gasteiger partial charge in [-0.25, -0.2) is 0 Å². The molecule has 30 heavy (non-hydrogen) atoms. The molecule has 4 heteroatoms. The van der Waals surface area contributed by atoms with Crippen LogP contribution in [-0.4, -0.2) is 0 Å². The van der Waals surface area contributed by atoms with Gasteiger partial charge in [-0.2, -0.15) is 0 Å². The maximum atomic E-state index is 6.38. The summed E-state index contributed by atoms with van der Waals surface area (Å²) in [6.45, 7) is 15.0. The van der Waals surface area contributed by atoms with Crippen molar-refractivity contribution >= 4 is 34.6 Å². The molecule has 0 fully saturated rings. The lowest BCUT2D eigenvalue weighted by Gasteiger charge is -2.30. The third-order valence-corrected chi connectivity index (χ3v) is 6.35. The summed E-state index contributed by atoms with van der Waals surface area (Å²) in [7, 11) is 0. The topological polar surface area (TPSA) is 6.48 Å². The summed E-state index contributed by atoms with van der Waals surface area (Å²) in [5.41, 5.74) is 11.4. The van der Waals surface area contributed by atoms with Crippen molar-refractivity contribution in [2.75, 3.05) is 9.80 Å². The van der Waals surface area contributed by atoms with E-state index in [0.29, 0.717) is 5.03 Å². The number of halogens is 2. The van der Waals surface area contributed by atoms with Crippen LogP contribution in [0.3, 0.4) is 0 Å². The van der Waals surface area contributed by atoms with Gasteiger partial charge in [0.25, 0.3) is 0 Å². The predicted molar refractivity (Wildman–Crippen MR) is 132 cm³/mol. The molecule has 0 radical (unpaired) electrons. The molecule has 0 bridgehead atoms. The number of anilines is 2. The van der Waals surface area contributed by atoms with Crippen LogP contribution in [0.2, 0.25) is 0 Å². The highest BCUT2D eigenvalue weighted by molar-refractivity contribution is 6.36. The lowest BCUT2D eigenvalue weighted by molar-refractivity contribution is 0.889. The fraction of sp³-hybridized carbons (Fsp3) is 0.308. The molecule has 2 aromatic carbocycles. The van der Waals surface area contributed by atoms with Crippen molar-refractivity contribution in [1.29, 1.82) is 0 Å². The van der Waals surface area contributed by atoms with E-state index in [9.17, 15) is 0 Å². The van der Waals surface area contributed by atoms with Crippen LogP contribution in [0, 0.1) is 47.5 Å². The van der Waals surface area contributed by atoms with Gasteiger partial charge in [-0.3, -0.25) is 0 Å². The van der Waals surface area contributed by atoms with Crippen LogP contribution >= 0.6 is 23.2 Å². The monoisotopic (exact) mass is 440 g/mol. The number of aryl methyl sites for hydroxylation is 6. The minimum atomic E-state index is -0.0128. The molecule has 0 N–H and O–H groups in total. The summed E-state index contributed by atoms with van der Waals surface area (Å²) in [5, 5.41) is 0.616. The Balaban J connectivity index is 2.19. The summed E-state index contributed by atoms with van der Waals surface area (Å²) in [6.07, 6.45) is 6.46. The second kappa shape index (κ2) is 8.91. The van der Waals surface area contributed by atoms with E-state index < -0.39 is 0 Å². The Morgan fingerprint density at radius 2 is 1.13 bits per heavy atom. The van der Waals surface area contributed by atoms with Gasteiger partial charge < -0.3 is 9.80 Å². The van der Waals surface area contributed by atoms with Gasteiger partial charge in [-0.05, 0) is 69.9 Å². The van der Waals surface area contributed by atoms with Gasteiger partial charge >= 0.3 is 0 Å². The zero-order valence-corrected chi connectivity index (χ0v) is 20.4. The van der Waals surface area contributed by atoms with E-state index in [1.807, 2.05) is 0 Å². The molecular formula is C26H30Cl2N2. The van der Waals surface area contributed by atoms with Crippen molar-refractivity contribution in [3.63, 3.8) is 0 Å². The maximum Gasteiger partial charge on any atom is 0.118 e. The van der Waals surface area contributed by atoms with Crippen molar-refractivity contribution in [3.8, 4) is 0 Å². The Morgan fingerprint density at radius 1 is 0.767 bits per heavy atom. The second-order valence-electron chi connectivity index (χ2n) is 8.34. The molecule has 158 valence electrons. The van der Waals surface area contributed by atoms with Crippen LogP contribution in [0.4, 0.5) is 11.4 Å². The van der Waals surface area contributed by atoms with Crippen molar-refractivity contribution in [2.24, 2.45) is 5.92 Å². The van der Waals surface area contributed by atoms with Gasteiger partial charge in [0.2, 0.25) is 0 Å². The minimum absolute atomic E-state index is 0.0128. The van der Waals surface area contributed by atoms with E-state index in [2.05, 4.69) is 101 Å². The number of hydrogen-bond donors (Lipinski definition) is 0. The minimum Gasteiger partial charge on any atom is -0.301 e. The Hall–Kier alpha value is -2.16. The van der Waals surface area contributed by atoms with E-state index in [0.717, 1.165) is 5.82 Å². The first-order chi connectivity index (χ1) is 14.1. The van der Waals surface area contributed by atoms with Gasteiger partial charge in [-0.1, -0.05) is 65.5 Å². The summed E-state index contributed by atoms with van der Waals surface area (Å²) >= 11 is 12.3. The lowest BCUT2D eigenvalue weighted by Crippen LogP contribution is -2.25. The number of nitrogens with zero attached hydrogens (tertiary/aromatic N) is 2. The Kier molecular flexibility index (Phi) is 6.69. The van der Waals surface area contributed by atoms with Gasteiger partial charge in [-0.15, -0.1) is 0 Å². The quantitative estimate of drug-likeness (QED) is 0.473. The molecule has 2 nitrogen and oxygen atoms in total. The van der Waals surface area contributed by atoms with E-state index in [-0.39, 0.29) is 5.92 Å². The second-order valence-corrected chi connectivity index (χ2v) is 8.99. The van der Waals surface area contributed by atoms with Crippen LogP contribution in [0.25, 0.3) is 0 Å². The molecular weight excluding hydrogens is 411 g/mol. The van der Waals surface area contributed by atoms with Crippen molar-refractivity contribution in [2.45, 2.75) is 48.5 Å². The molecule has 0 spiro atoms. The Labute approximate surface area is 191 Å². The van der Waals surface area contributed by atoms with Crippen LogP contribution in [0.1, 0.15) is 40.3 Å². The highest BCUT2D eigenvalue weighted by Crippen LogP contribution is 2.39. The first-order valence-corrected chi connectivity index (χ1v) is 11.1. The molecule has 1 atom stereocenters. The number of benzene rings is 2. The van der Waals surface area contributed by atoms with Crippen molar-refractivity contribution in [3.05, 3.63) is 92.5 Å². The maximum absolute atomic E-state index is 6.38. The number of allylic oxidation sites excluding steroid dienone is 2. The molecule has 1 heterocycles. The largest absolute Gasteiger partial charge is 0.301 e. The average molecular weight is 441 g/mol. The molecule has 3 rings (SSSR count). The normalized spacial score (nSPS) is 15.2. The summed E-state index contributed by atoms with van der Waals surface area (Å²) < 4.78 is 0. The van der Waals surface area contributed by atoms with Crippen molar-refractivity contribution in [1.82, 2.24) is 0 Å². The first-order valence-electron chi connectivity index (χ1n) is 10.2. The van der Waals surface area contributed by atoms with E-state index in [1.54, 1.807) is 0 Å². The number of hydrogen-bond acceptors (Lipinski definition) is 2. The molecule has 0 aliphatic carbocycles. The summed E-state index contributed by atoms with van der Waals surface area (Å²) in [6, 6.07) is 8.92. The average Bonchev–Trinajstić information content (AvgIpc) is 3.02. The van der Waals surface area contributed by atoms with Crippen LogP contribution in [-0.2, 0) is 0 Å². The fourth-order valence-corrected chi connectivity index (χ4v) is 4.71. The zero-order valence-electron chi connectivity index (χ0n) is 18.8. The lowest BCUT2D eigenvalue weighted by atomic mass is 10.0.